The summed E-state index contributed by atoms with van der Waals surface area (Å²) >= 11 is 3.45. The minimum absolute atomic E-state index is 0.0999. The molecule has 1 unspecified atom stereocenters. The fourth-order valence-electron chi connectivity index (χ4n) is 1.93. The summed E-state index contributed by atoms with van der Waals surface area (Å²) in [5, 5.41) is 0. The molecule has 0 amide bonds. The quantitative estimate of drug-likeness (QED) is 0.886. The van der Waals surface area contributed by atoms with Crippen LogP contribution in [0.2, 0.25) is 0 Å². The number of nitrogens with two attached hydrogens (primary N) is 1. The highest BCUT2D eigenvalue weighted by Gasteiger charge is 2.09. The number of aryl methyl sites for hydroxylation is 1. The molecule has 0 radical (unpaired) electrons. The van der Waals surface area contributed by atoms with Gasteiger partial charge in [-0.3, -0.25) is 0 Å². The van der Waals surface area contributed by atoms with Gasteiger partial charge in [0.2, 0.25) is 0 Å². The van der Waals surface area contributed by atoms with Crippen molar-refractivity contribution in [3.63, 3.8) is 0 Å². The second-order valence-corrected chi connectivity index (χ2v) is 5.84. The monoisotopic (exact) mass is 337 g/mol. The van der Waals surface area contributed by atoms with E-state index in [0.29, 0.717) is 5.75 Å². The molecule has 1 atom stereocenters. The predicted molar refractivity (Wildman–Crippen MR) is 82.7 cm³/mol. The molecule has 0 saturated carbocycles. The van der Waals surface area contributed by atoms with Crippen LogP contribution < -0.4 is 10.5 Å². The van der Waals surface area contributed by atoms with E-state index in [1.165, 1.54) is 6.07 Å². The summed E-state index contributed by atoms with van der Waals surface area (Å²) in [5.41, 5.74) is 7.84. The number of ether oxygens (including phenoxy) is 1. The average Bonchev–Trinajstić information content (AvgIpc) is 2.36. The zero-order chi connectivity index (χ0) is 14.7. The van der Waals surface area contributed by atoms with Crippen LogP contribution in [0.5, 0.6) is 11.5 Å². The van der Waals surface area contributed by atoms with E-state index in [1.54, 1.807) is 12.1 Å². The normalized spacial score (nSPS) is 12.2. The average molecular weight is 338 g/mol. The Kier molecular flexibility index (Phi) is 4.78. The number of halogens is 2. The summed E-state index contributed by atoms with van der Waals surface area (Å²) < 4.78 is 20.1. The molecule has 0 saturated heterocycles. The van der Waals surface area contributed by atoms with E-state index in [9.17, 15) is 4.39 Å². The van der Waals surface area contributed by atoms with E-state index in [2.05, 4.69) is 15.9 Å². The van der Waals surface area contributed by atoms with Crippen molar-refractivity contribution in [3.05, 3.63) is 57.8 Å². The maximum atomic E-state index is 13.7. The molecule has 2 aromatic rings. The summed E-state index contributed by atoms with van der Waals surface area (Å²) in [4.78, 5) is 0. The van der Waals surface area contributed by atoms with E-state index in [0.717, 1.165) is 22.0 Å². The zero-order valence-electron chi connectivity index (χ0n) is 11.5. The van der Waals surface area contributed by atoms with Gasteiger partial charge in [0.15, 0.2) is 11.6 Å². The second kappa shape index (κ2) is 6.37. The zero-order valence-corrected chi connectivity index (χ0v) is 13.1. The van der Waals surface area contributed by atoms with Gasteiger partial charge in [0.1, 0.15) is 5.75 Å². The van der Waals surface area contributed by atoms with Crippen LogP contribution in [-0.2, 0) is 6.42 Å². The van der Waals surface area contributed by atoms with Gasteiger partial charge in [-0.1, -0.05) is 12.1 Å². The Morgan fingerprint density at radius 1 is 1.20 bits per heavy atom. The molecule has 106 valence electrons. The molecule has 2 N–H and O–H groups in total. The highest BCUT2D eigenvalue weighted by molar-refractivity contribution is 9.10. The first-order valence-electron chi connectivity index (χ1n) is 6.43. The Balaban J connectivity index is 2.23. The molecule has 0 aromatic heterocycles. The Labute approximate surface area is 126 Å². The maximum absolute atomic E-state index is 13.7. The van der Waals surface area contributed by atoms with Crippen molar-refractivity contribution in [2.75, 3.05) is 0 Å². The lowest BCUT2D eigenvalue weighted by molar-refractivity contribution is 0.439. The van der Waals surface area contributed by atoms with E-state index in [-0.39, 0.29) is 17.6 Å². The van der Waals surface area contributed by atoms with Gasteiger partial charge in [-0.25, -0.2) is 4.39 Å². The van der Waals surface area contributed by atoms with Crippen LogP contribution in [0.15, 0.2) is 40.9 Å². The third-order valence-electron chi connectivity index (χ3n) is 2.86. The van der Waals surface area contributed by atoms with Crippen LogP contribution in [-0.4, -0.2) is 6.04 Å². The molecule has 0 heterocycles. The number of hydrogen-bond acceptors (Lipinski definition) is 2. The number of rotatable bonds is 4. The lowest BCUT2D eigenvalue weighted by atomic mass is 10.1. The topological polar surface area (TPSA) is 35.2 Å². The highest BCUT2D eigenvalue weighted by atomic mass is 79.9. The Morgan fingerprint density at radius 2 is 1.95 bits per heavy atom. The molecule has 0 aliphatic rings. The Morgan fingerprint density at radius 3 is 2.60 bits per heavy atom. The lowest BCUT2D eigenvalue weighted by Gasteiger charge is -2.11. The molecule has 0 spiro atoms. The molecule has 0 aliphatic carbocycles. The van der Waals surface area contributed by atoms with Gasteiger partial charge in [-0.15, -0.1) is 0 Å². The first-order valence-corrected chi connectivity index (χ1v) is 7.23. The molecule has 0 aliphatic heterocycles. The van der Waals surface area contributed by atoms with Crippen molar-refractivity contribution in [1.29, 1.82) is 0 Å². The van der Waals surface area contributed by atoms with E-state index >= 15 is 0 Å². The molecule has 2 aromatic carbocycles. The van der Waals surface area contributed by atoms with Crippen molar-refractivity contribution in [2.45, 2.75) is 26.3 Å². The van der Waals surface area contributed by atoms with Gasteiger partial charge in [0.05, 0.1) is 4.47 Å². The SMILES string of the molecule is Cc1ccc(F)c(Oc2ccc(CC(C)N)cc2Br)c1. The first-order chi connectivity index (χ1) is 9.45. The fraction of sp³-hybridized carbons (Fsp3) is 0.250. The van der Waals surface area contributed by atoms with Crippen molar-refractivity contribution in [1.82, 2.24) is 0 Å². The lowest BCUT2D eigenvalue weighted by Crippen LogP contribution is -2.17. The van der Waals surface area contributed by atoms with Crippen molar-refractivity contribution in [3.8, 4) is 11.5 Å². The largest absolute Gasteiger partial charge is 0.453 e. The van der Waals surface area contributed by atoms with E-state index < -0.39 is 0 Å². The van der Waals surface area contributed by atoms with E-state index in [4.69, 9.17) is 10.5 Å². The molecule has 20 heavy (non-hydrogen) atoms. The van der Waals surface area contributed by atoms with Crippen molar-refractivity contribution >= 4 is 15.9 Å². The van der Waals surface area contributed by atoms with Crippen LogP contribution in [0.25, 0.3) is 0 Å². The summed E-state index contributed by atoms with van der Waals surface area (Å²) in [7, 11) is 0. The van der Waals surface area contributed by atoms with Gasteiger partial charge in [0, 0.05) is 6.04 Å². The molecule has 0 fully saturated rings. The van der Waals surface area contributed by atoms with Crippen molar-refractivity contribution < 1.29 is 9.13 Å². The van der Waals surface area contributed by atoms with Crippen molar-refractivity contribution in [2.24, 2.45) is 5.73 Å². The van der Waals surface area contributed by atoms with Gasteiger partial charge < -0.3 is 10.5 Å². The van der Waals surface area contributed by atoms with Crippen LogP contribution in [0, 0.1) is 12.7 Å². The Hall–Kier alpha value is -1.39. The fourth-order valence-corrected chi connectivity index (χ4v) is 2.44. The highest BCUT2D eigenvalue weighted by Crippen LogP contribution is 2.32. The van der Waals surface area contributed by atoms with Gasteiger partial charge in [0.25, 0.3) is 0 Å². The van der Waals surface area contributed by atoms with Crippen LogP contribution >= 0.6 is 15.9 Å². The minimum atomic E-state index is -0.373. The van der Waals surface area contributed by atoms with Crippen LogP contribution in [0.4, 0.5) is 4.39 Å². The summed E-state index contributed by atoms with van der Waals surface area (Å²) in [6, 6.07) is 10.6. The molecule has 0 bridgehead atoms. The Bertz CT molecular complexity index is 613. The van der Waals surface area contributed by atoms with E-state index in [1.807, 2.05) is 32.0 Å². The van der Waals surface area contributed by atoms with Gasteiger partial charge >= 0.3 is 0 Å². The second-order valence-electron chi connectivity index (χ2n) is 4.98. The van der Waals surface area contributed by atoms with Crippen LogP contribution in [0.1, 0.15) is 18.1 Å². The maximum Gasteiger partial charge on any atom is 0.165 e. The molecular weight excluding hydrogens is 321 g/mol. The van der Waals surface area contributed by atoms with Crippen LogP contribution in [0.3, 0.4) is 0 Å². The van der Waals surface area contributed by atoms with Gasteiger partial charge in [-0.05, 0) is 71.6 Å². The minimum Gasteiger partial charge on any atom is -0.453 e. The molecule has 2 nitrogen and oxygen atoms in total. The smallest absolute Gasteiger partial charge is 0.165 e. The molecule has 4 heteroatoms. The first kappa shape index (κ1) is 15.0. The summed E-state index contributed by atoms with van der Waals surface area (Å²) in [6.45, 7) is 3.85. The number of hydrogen-bond donors (Lipinski definition) is 1. The number of benzene rings is 2. The third kappa shape index (κ3) is 3.81. The molecular formula is C16H17BrFNO. The van der Waals surface area contributed by atoms with Gasteiger partial charge in [-0.2, -0.15) is 0 Å². The summed E-state index contributed by atoms with van der Waals surface area (Å²) in [5.74, 6) is 0.440. The predicted octanol–water partition coefficient (Wildman–Crippen LogP) is 4.58. The standard InChI is InChI=1S/C16H17BrFNO/c1-10-3-5-14(18)16(7-10)20-15-6-4-12(8-11(2)19)9-13(15)17/h3-7,9,11H,8,19H2,1-2H3. The summed E-state index contributed by atoms with van der Waals surface area (Å²) in [6.07, 6.45) is 0.789. The third-order valence-corrected chi connectivity index (χ3v) is 3.48. The molecule has 2 rings (SSSR count).